The molecule has 0 aromatic carbocycles. The van der Waals surface area contributed by atoms with Gasteiger partial charge in [-0.2, -0.15) is 0 Å². The van der Waals surface area contributed by atoms with Gasteiger partial charge in [0.2, 0.25) is 6.79 Å². The van der Waals surface area contributed by atoms with Crippen LogP contribution in [0.4, 0.5) is 4.79 Å². The molecule has 14 heavy (non-hydrogen) atoms. The van der Waals surface area contributed by atoms with Crippen LogP contribution in [-0.4, -0.2) is 30.1 Å². The summed E-state index contributed by atoms with van der Waals surface area (Å²) < 4.78 is 8.46. The molecule has 0 heterocycles. The minimum Gasteiger partial charge on any atom is -0.450 e. The number of esters is 1. The van der Waals surface area contributed by atoms with Gasteiger partial charge >= 0.3 is 12.1 Å². The number of hydrogen-bond acceptors (Lipinski definition) is 5. The Kier molecular flexibility index (Phi) is 5.62. The molecule has 0 aliphatic heterocycles. The third-order valence-electron chi connectivity index (χ3n) is 1.91. The van der Waals surface area contributed by atoms with E-state index in [0.717, 1.165) is 6.42 Å². The predicted octanol–water partition coefficient (Wildman–Crippen LogP) is 0.555. The molecule has 6 nitrogen and oxygen atoms in total. The van der Waals surface area contributed by atoms with E-state index in [0.29, 0.717) is 0 Å². The Bertz CT molecular complexity index is 206. The first-order valence-electron chi connectivity index (χ1n) is 4.27. The van der Waals surface area contributed by atoms with Gasteiger partial charge in [0.1, 0.15) is 6.04 Å². The fourth-order valence-corrected chi connectivity index (χ4v) is 0.720. The van der Waals surface area contributed by atoms with Crippen molar-refractivity contribution in [3.05, 3.63) is 0 Å². The maximum absolute atomic E-state index is 11.1. The van der Waals surface area contributed by atoms with Crippen LogP contribution >= 0.6 is 0 Å². The minimum atomic E-state index is -1.49. The van der Waals surface area contributed by atoms with Crippen molar-refractivity contribution >= 4 is 12.1 Å². The highest BCUT2D eigenvalue weighted by Gasteiger charge is 2.20. The van der Waals surface area contributed by atoms with Crippen molar-refractivity contribution in [3.8, 4) is 0 Å². The largest absolute Gasteiger partial charge is 0.508 e. The molecule has 2 atom stereocenters. The van der Waals surface area contributed by atoms with Crippen molar-refractivity contribution in [2.24, 2.45) is 11.7 Å². The van der Waals surface area contributed by atoms with Crippen molar-refractivity contribution in [2.45, 2.75) is 26.3 Å². The normalized spacial score (nSPS) is 14.2. The van der Waals surface area contributed by atoms with Crippen molar-refractivity contribution < 1.29 is 24.2 Å². The highest BCUT2D eigenvalue weighted by molar-refractivity contribution is 5.75. The molecule has 82 valence electrons. The van der Waals surface area contributed by atoms with Crippen LogP contribution in [0.5, 0.6) is 0 Å². The molecule has 0 aromatic rings. The van der Waals surface area contributed by atoms with Gasteiger partial charge in [-0.3, -0.25) is 4.79 Å². The van der Waals surface area contributed by atoms with Gasteiger partial charge in [0.25, 0.3) is 0 Å². The topological polar surface area (TPSA) is 98.9 Å². The average Bonchev–Trinajstić information content (AvgIpc) is 2.14. The van der Waals surface area contributed by atoms with Crippen LogP contribution in [0.1, 0.15) is 20.3 Å². The predicted molar refractivity (Wildman–Crippen MR) is 47.5 cm³/mol. The van der Waals surface area contributed by atoms with Gasteiger partial charge in [-0.05, 0) is 5.92 Å². The van der Waals surface area contributed by atoms with E-state index in [1.165, 1.54) is 0 Å². The fraction of sp³-hybridized carbons (Fsp3) is 0.750. The average molecular weight is 205 g/mol. The zero-order chi connectivity index (χ0) is 11.1. The first-order valence-corrected chi connectivity index (χ1v) is 4.27. The third kappa shape index (κ3) is 4.66. The van der Waals surface area contributed by atoms with E-state index >= 15 is 0 Å². The molecule has 0 saturated carbocycles. The Balaban J connectivity index is 3.78. The molecule has 0 amide bonds. The molecule has 0 aliphatic rings. The van der Waals surface area contributed by atoms with Crippen molar-refractivity contribution in [2.75, 3.05) is 6.79 Å². The lowest BCUT2D eigenvalue weighted by molar-refractivity contribution is -0.155. The summed E-state index contributed by atoms with van der Waals surface area (Å²) >= 11 is 0. The summed E-state index contributed by atoms with van der Waals surface area (Å²) in [7, 11) is 0. The van der Waals surface area contributed by atoms with Crippen molar-refractivity contribution in [3.63, 3.8) is 0 Å². The fourth-order valence-electron chi connectivity index (χ4n) is 0.720. The highest BCUT2D eigenvalue weighted by atomic mass is 16.7. The molecule has 0 spiro atoms. The Morgan fingerprint density at radius 1 is 1.43 bits per heavy atom. The Morgan fingerprint density at radius 3 is 2.43 bits per heavy atom. The van der Waals surface area contributed by atoms with Gasteiger partial charge in [0.15, 0.2) is 0 Å². The Labute approximate surface area is 82.0 Å². The molecule has 0 unspecified atom stereocenters. The van der Waals surface area contributed by atoms with Crippen LogP contribution in [0, 0.1) is 5.92 Å². The number of nitrogens with two attached hydrogens (primary N) is 1. The summed E-state index contributed by atoms with van der Waals surface area (Å²) in [6.07, 6.45) is -0.745. The number of carbonyl (C=O) groups excluding carboxylic acids is 1. The number of ether oxygens (including phenoxy) is 2. The first-order chi connectivity index (χ1) is 6.49. The number of rotatable bonds is 5. The van der Waals surface area contributed by atoms with Gasteiger partial charge in [-0.25, -0.2) is 4.79 Å². The lowest BCUT2D eigenvalue weighted by Gasteiger charge is -2.16. The smallest absolute Gasteiger partial charge is 0.450 e. The second-order valence-corrected chi connectivity index (χ2v) is 2.90. The van der Waals surface area contributed by atoms with E-state index < -0.39 is 25.0 Å². The molecule has 0 radical (unpaired) electrons. The van der Waals surface area contributed by atoms with E-state index in [2.05, 4.69) is 9.47 Å². The van der Waals surface area contributed by atoms with E-state index in [9.17, 15) is 9.59 Å². The molecule has 0 bridgehead atoms. The molecular formula is C8H15NO5. The molecule has 0 aliphatic carbocycles. The van der Waals surface area contributed by atoms with E-state index in [1.807, 2.05) is 13.8 Å². The van der Waals surface area contributed by atoms with Gasteiger partial charge in [0.05, 0.1) is 0 Å². The first kappa shape index (κ1) is 12.7. The number of hydrogen-bond donors (Lipinski definition) is 2. The Hall–Kier alpha value is -1.30. The van der Waals surface area contributed by atoms with Gasteiger partial charge in [0, 0.05) is 0 Å². The zero-order valence-electron chi connectivity index (χ0n) is 8.23. The summed E-state index contributed by atoms with van der Waals surface area (Å²) in [5.41, 5.74) is 5.51. The monoisotopic (exact) mass is 205 g/mol. The summed E-state index contributed by atoms with van der Waals surface area (Å²) in [4.78, 5) is 21.0. The SMILES string of the molecule is CC[C@H](C)[C@H](N)C(=O)OCOC(=O)O. The van der Waals surface area contributed by atoms with E-state index in [4.69, 9.17) is 10.8 Å². The van der Waals surface area contributed by atoms with Crippen LogP contribution in [0.15, 0.2) is 0 Å². The van der Waals surface area contributed by atoms with Gasteiger partial charge in [-0.15, -0.1) is 0 Å². The van der Waals surface area contributed by atoms with Crippen LogP contribution in [0.2, 0.25) is 0 Å². The van der Waals surface area contributed by atoms with E-state index in [-0.39, 0.29) is 5.92 Å². The molecule has 0 aromatic heterocycles. The summed E-state index contributed by atoms with van der Waals surface area (Å²) in [6.45, 7) is 3.09. The molecule has 0 saturated heterocycles. The second kappa shape index (κ2) is 6.20. The standard InChI is InChI=1S/C8H15NO5/c1-3-5(2)6(9)7(10)13-4-14-8(11)12/h5-6H,3-4,9H2,1-2H3,(H,11,12)/t5-,6-/m0/s1. The molecule has 6 heteroatoms. The number of carboxylic acid groups (broad SMARTS) is 1. The van der Waals surface area contributed by atoms with Gasteiger partial charge in [-0.1, -0.05) is 20.3 Å². The quantitative estimate of drug-likeness (QED) is 0.502. The maximum atomic E-state index is 11.1. The minimum absolute atomic E-state index is 0.00710. The second-order valence-electron chi connectivity index (χ2n) is 2.90. The van der Waals surface area contributed by atoms with E-state index in [1.54, 1.807) is 0 Å². The van der Waals surface area contributed by atoms with Crippen LogP contribution in [0.3, 0.4) is 0 Å². The summed E-state index contributed by atoms with van der Waals surface area (Å²) in [6, 6.07) is -0.739. The highest BCUT2D eigenvalue weighted by Crippen LogP contribution is 2.06. The van der Waals surface area contributed by atoms with Crippen LogP contribution in [-0.2, 0) is 14.3 Å². The summed E-state index contributed by atoms with van der Waals surface area (Å²) in [5.74, 6) is -0.659. The van der Waals surface area contributed by atoms with Gasteiger partial charge < -0.3 is 20.3 Å². The van der Waals surface area contributed by atoms with Crippen molar-refractivity contribution in [1.29, 1.82) is 0 Å². The van der Waals surface area contributed by atoms with Crippen molar-refractivity contribution in [1.82, 2.24) is 0 Å². The summed E-state index contributed by atoms with van der Waals surface area (Å²) in [5, 5.41) is 8.08. The third-order valence-corrected chi connectivity index (χ3v) is 1.91. The number of carbonyl (C=O) groups is 2. The molecule has 3 N–H and O–H groups in total. The molecular weight excluding hydrogens is 190 g/mol. The lowest BCUT2D eigenvalue weighted by atomic mass is 10.0. The lowest BCUT2D eigenvalue weighted by Crippen LogP contribution is -2.38. The van der Waals surface area contributed by atoms with Crippen LogP contribution in [0.25, 0.3) is 0 Å². The molecule has 0 rings (SSSR count). The zero-order valence-corrected chi connectivity index (χ0v) is 8.23. The van der Waals surface area contributed by atoms with Crippen LogP contribution < -0.4 is 5.73 Å². The molecule has 0 fully saturated rings. The Morgan fingerprint density at radius 2 is 2.00 bits per heavy atom. The maximum Gasteiger partial charge on any atom is 0.508 e.